The zero-order valence-corrected chi connectivity index (χ0v) is 11.9. The zero-order valence-electron chi connectivity index (χ0n) is 10.4. The van der Waals surface area contributed by atoms with Gasteiger partial charge >= 0.3 is 0 Å². The normalized spacial score (nSPS) is 10.4. The van der Waals surface area contributed by atoms with Gasteiger partial charge in [-0.3, -0.25) is 0 Å². The second-order valence-corrected chi connectivity index (χ2v) is 5.06. The van der Waals surface area contributed by atoms with Gasteiger partial charge in [0.05, 0.1) is 16.7 Å². The first kappa shape index (κ1) is 14.0. The average Bonchev–Trinajstić information content (AvgIpc) is 2.39. The summed E-state index contributed by atoms with van der Waals surface area (Å²) < 4.78 is 5.62. The molecule has 0 saturated carbocycles. The van der Waals surface area contributed by atoms with Gasteiger partial charge in [0.1, 0.15) is 0 Å². The molecule has 2 aromatic carbocycles. The van der Waals surface area contributed by atoms with Crippen LogP contribution in [0.4, 0.5) is 5.69 Å². The lowest BCUT2D eigenvalue weighted by atomic mass is 10.1. The van der Waals surface area contributed by atoms with Gasteiger partial charge in [0.2, 0.25) is 0 Å². The Morgan fingerprint density at radius 3 is 2.21 bits per heavy atom. The third-order valence-electron chi connectivity index (χ3n) is 2.75. The van der Waals surface area contributed by atoms with Crippen LogP contribution < -0.4 is 10.5 Å². The van der Waals surface area contributed by atoms with E-state index in [9.17, 15) is 0 Å². The number of ether oxygens (including phenoxy) is 1. The molecule has 0 radical (unpaired) electrons. The zero-order chi connectivity index (χ0) is 13.7. The van der Waals surface area contributed by atoms with E-state index in [1.54, 1.807) is 18.2 Å². The summed E-state index contributed by atoms with van der Waals surface area (Å²) in [6, 6.07) is 13.2. The molecule has 0 spiro atoms. The van der Waals surface area contributed by atoms with Crippen LogP contribution in [-0.2, 0) is 6.42 Å². The molecule has 0 heterocycles. The number of nitrogens with two attached hydrogens (primary N) is 1. The lowest BCUT2D eigenvalue weighted by Crippen LogP contribution is -2.00. The van der Waals surface area contributed by atoms with Crippen LogP contribution in [0.25, 0.3) is 0 Å². The molecule has 0 atom stereocenters. The summed E-state index contributed by atoms with van der Waals surface area (Å²) in [5.41, 5.74) is 7.66. The molecule has 0 aromatic heterocycles. The number of anilines is 1. The Morgan fingerprint density at radius 2 is 1.58 bits per heavy atom. The van der Waals surface area contributed by atoms with Gasteiger partial charge in [-0.15, -0.1) is 0 Å². The Hall–Kier alpha value is -1.38. The molecule has 100 valence electrons. The van der Waals surface area contributed by atoms with E-state index in [0.717, 1.165) is 18.5 Å². The lowest BCUT2D eigenvalue weighted by molar-refractivity contribution is 0.311. The molecule has 4 heteroatoms. The van der Waals surface area contributed by atoms with Gasteiger partial charge in [-0.2, -0.15) is 0 Å². The van der Waals surface area contributed by atoms with Crippen molar-refractivity contribution in [2.75, 3.05) is 12.3 Å². The van der Waals surface area contributed by atoms with Crippen LogP contribution in [0.5, 0.6) is 5.75 Å². The minimum Gasteiger partial charge on any atom is -0.490 e. The maximum atomic E-state index is 6.02. The molecular formula is C15H15Cl2NO. The highest BCUT2D eigenvalue weighted by atomic mass is 35.5. The highest BCUT2D eigenvalue weighted by Crippen LogP contribution is 2.32. The Bertz CT molecular complexity index is 520. The topological polar surface area (TPSA) is 35.2 Å². The van der Waals surface area contributed by atoms with Crippen molar-refractivity contribution in [3.63, 3.8) is 0 Å². The number of rotatable bonds is 5. The minimum absolute atomic E-state index is 0.542. The van der Waals surface area contributed by atoms with Crippen molar-refractivity contribution in [2.24, 2.45) is 0 Å². The van der Waals surface area contributed by atoms with Crippen molar-refractivity contribution >= 4 is 28.9 Å². The molecule has 0 unspecified atom stereocenters. The van der Waals surface area contributed by atoms with E-state index < -0.39 is 0 Å². The van der Waals surface area contributed by atoms with Gasteiger partial charge in [0.25, 0.3) is 0 Å². The first-order valence-electron chi connectivity index (χ1n) is 6.08. The summed E-state index contributed by atoms with van der Waals surface area (Å²) >= 11 is 12.0. The molecule has 2 nitrogen and oxygen atoms in total. The van der Waals surface area contributed by atoms with Crippen molar-refractivity contribution in [2.45, 2.75) is 12.8 Å². The van der Waals surface area contributed by atoms with Gasteiger partial charge in [-0.1, -0.05) is 41.4 Å². The summed E-state index contributed by atoms with van der Waals surface area (Å²) in [5, 5.41) is 1.08. The minimum atomic E-state index is 0.542. The SMILES string of the molecule is Nc1ccc(CCCOc2c(Cl)cccc2Cl)cc1. The number of halogens is 2. The monoisotopic (exact) mass is 295 g/mol. The summed E-state index contributed by atoms with van der Waals surface area (Å²) in [4.78, 5) is 0. The summed E-state index contributed by atoms with van der Waals surface area (Å²) in [5.74, 6) is 0.558. The van der Waals surface area contributed by atoms with Gasteiger partial charge in [0.15, 0.2) is 5.75 Å². The van der Waals surface area contributed by atoms with E-state index in [1.807, 2.05) is 24.3 Å². The van der Waals surface area contributed by atoms with Crippen molar-refractivity contribution in [1.29, 1.82) is 0 Å². The average molecular weight is 296 g/mol. The summed E-state index contributed by atoms with van der Waals surface area (Å²) in [6.07, 6.45) is 1.83. The first-order valence-corrected chi connectivity index (χ1v) is 6.83. The molecule has 0 aliphatic heterocycles. The number of benzene rings is 2. The van der Waals surface area contributed by atoms with E-state index in [-0.39, 0.29) is 0 Å². The van der Waals surface area contributed by atoms with Crippen molar-refractivity contribution in [3.05, 3.63) is 58.1 Å². The van der Waals surface area contributed by atoms with E-state index in [1.165, 1.54) is 5.56 Å². The smallest absolute Gasteiger partial charge is 0.156 e. The van der Waals surface area contributed by atoms with Crippen LogP contribution in [-0.4, -0.2) is 6.61 Å². The second kappa shape index (κ2) is 6.69. The number of nitrogen functional groups attached to an aromatic ring is 1. The quantitative estimate of drug-likeness (QED) is 0.647. The standard InChI is InChI=1S/C15H15Cl2NO/c16-13-4-1-5-14(17)15(13)19-10-2-3-11-6-8-12(18)9-7-11/h1,4-9H,2-3,10,18H2. The van der Waals surface area contributed by atoms with E-state index in [2.05, 4.69) is 0 Å². The number of para-hydroxylation sites is 1. The molecule has 0 fully saturated rings. The van der Waals surface area contributed by atoms with Crippen LogP contribution >= 0.6 is 23.2 Å². The van der Waals surface area contributed by atoms with Crippen LogP contribution in [0.1, 0.15) is 12.0 Å². The van der Waals surface area contributed by atoms with Crippen LogP contribution in [0.2, 0.25) is 10.0 Å². The lowest BCUT2D eigenvalue weighted by Gasteiger charge is -2.09. The van der Waals surface area contributed by atoms with Gasteiger partial charge in [-0.05, 0) is 42.7 Å². The number of aryl methyl sites for hydroxylation is 1. The molecule has 19 heavy (non-hydrogen) atoms. The first-order chi connectivity index (χ1) is 9.16. The molecule has 0 amide bonds. The molecule has 0 aliphatic rings. The molecular weight excluding hydrogens is 281 g/mol. The van der Waals surface area contributed by atoms with Crippen molar-refractivity contribution in [3.8, 4) is 5.75 Å². The maximum absolute atomic E-state index is 6.02. The molecule has 0 saturated heterocycles. The van der Waals surface area contributed by atoms with Crippen LogP contribution in [0.15, 0.2) is 42.5 Å². The Morgan fingerprint density at radius 1 is 0.947 bits per heavy atom. The van der Waals surface area contributed by atoms with Gasteiger partial charge in [-0.25, -0.2) is 0 Å². The predicted octanol–water partition coefficient (Wildman–Crippen LogP) is 4.59. The largest absolute Gasteiger partial charge is 0.490 e. The van der Waals surface area contributed by atoms with Gasteiger partial charge in [0, 0.05) is 5.69 Å². The summed E-state index contributed by atoms with van der Waals surface area (Å²) in [6.45, 7) is 0.577. The molecule has 2 N–H and O–H groups in total. The maximum Gasteiger partial charge on any atom is 0.156 e. The van der Waals surface area contributed by atoms with Crippen LogP contribution in [0, 0.1) is 0 Å². The van der Waals surface area contributed by atoms with Crippen molar-refractivity contribution < 1.29 is 4.74 Å². The third-order valence-corrected chi connectivity index (χ3v) is 3.35. The van der Waals surface area contributed by atoms with E-state index in [4.69, 9.17) is 33.7 Å². The second-order valence-electron chi connectivity index (χ2n) is 4.24. The van der Waals surface area contributed by atoms with E-state index >= 15 is 0 Å². The molecule has 0 bridgehead atoms. The predicted molar refractivity (Wildman–Crippen MR) is 81.1 cm³/mol. The fourth-order valence-corrected chi connectivity index (χ4v) is 2.26. The number of hydrogen-bond donors (Lipinski definition) is 1. The van der Waals surface area contributed by atoms with Crippen LogP contribution in [0.3, 0.4) is 0 Å². The van der Waals surface area contributed by atoms with E-state index in [0.29, 0.717) is 22.4 Å². The Labute approximate surface area is 123 Å². The molecule has 0 aliphatic carbocycles. The highest BCUT2D eigenvalue weighted by molar-refractivity contribution is 6.37. The fraction of sp³-hybridized carbons (Fsp3) is 0.200. The van der Waals surface area contributed by atoms with Crippen molar-refractivity contribution in [1.82, 2.24) is 0 Å². The fourth-order valence-electron chi connectivity index (χ4n) is 1.76. The number of hydrogen-bond acceptors (Lipinski definition) is 2. The molecule has 2 aromatic rings. The van der Waals surface area contributed by atoms with Gasteiger partial charge < -0.3 is 10.5 Å². The highest BCUT2D eigenvalue weighted by Gasteiger charge is 2.05. The summed E-state index contributed by atoms with van der Waals surface area (Å²) in [7, 11) is 0. The Balaban J connectivity index is 1.82. The third kappa shape index (κ3) is 4.05. The Kier molecular flexibility index (Phi) is 4.94. The molecule has 2 rings (SSSR count).